The fraction of sp³-hybridized carbons (Fsp3) is 1.00. The van der Waals surface area contributed by atoms with Crippen LogP contribution in [0.15, 0.2) is 0 Å². The van der Waals surface area contributed by atoms with Gasteiger partial charge < -0.3 is 18.9 Å². The molecule has 0 saturated heterocycles. The Bertz CT molecular complexity index is 725. The van der Waals surface area contributed by atoms with Gasteiger partial charge in [0.1, 0.15) is 6.10 Å². The SMILES string of the molecule is CCCCCCCCCCOCC(COCCOCC(COCCCCCCCCCC)OS(=O)(=O)O)CS(=O)(=O)O. The third-order valence-corrected chi connectivity index (χ3v) is 8.08. The van der Waals surface area contributed by atoms with Crippen LogP contribution in [0, 0.1) is 5.92 Å². The Hall–Kier alpha value is -0.380. The lowest BCUT2D eigenvalue weighted by atomic mass is 10.1. The van der Waals surface area contributed by atoms with Gasteiger partial charge in [0.2, 0.25) is 0 Å². The standard InChI is InChI=1S/C29H60O11S2/c1-3-5-7-9-11-13-15-17-19-36-23-28(27-41(30,31)32)24-38-21-22-39-26-29(40-42(33,34)35)25-37-20-18-16-14-12-10-8-6-4-2/h28-29H,3-27H2,1-2H3,(H,30,31,32)(H,33,34,35). The van der Waals surface area contributed by atoms with E-state index in [1.807, 2.05) is 0 Å². The third kappa shape index (κ3) is 32.5. The van der Waals surface area contributed by atoms with E-state index in [4.69, 9.17) is 23.5 Å². The molecule has 0 aliphatic heterocycles. The number of ether oxygens (including phenoxy) is 4. The van der Waals surface area contributed by atoms with E-state index in [0.717, 1.165) is 38.5 Å². The van der Waals surface area contributed by atoms with Crippen molar-refractivity contribution in [3.63, 3.8) is 0 Å². The molecule has 0 rings (SSSR count). The zero-order valence-corrected chi connectivity index (χ0v) is 27.9. The summed E-state index contributed by atoms with van der Waals surface area (Å²) in [5.41, 5.74) is 0. The molecule has 2 atom stereocenters. The van der Waals surface area contributed by atoms with Gasteiger partial charge >= 0.3 is 10.4 Å². The van der Waals surface area contributed by atoms with Crippen LogP contribution in [0.5, 0.6) is 0 Å². The van der Waals surface area contributed by atoms with Crippen molar-refractivity contribution in [1.82, 2.24) is 0 Å². The van der Waals surface area contributed by atoms with Crippen LogP contribution in [0.1, 0.15) is 117 Å². The van der Waals surface area contributed by atoms with Crippen molar-refractivity contribution >= 4 is 20.5 Å². The van der Waals surface area contributed by atoms with Gasteiger partial charge in [0.05, 0.1) is 45.4 Å². The summed E-state index contributed by atoms with van der Waals surface area (Å²) in [6.07, 6.45) is 17.6. The maximum atomic E-state index is 11.4. The minimum absolute atomic E-state index is 0.0489. The van der Waals surface area contributed by atoms with Crippen LogP contribution in [0.4, 0.5) is 0 Å². The van der Waals surface area contributed by atoms with Crippen LogP contribution < -0.4 is 0 Å². The Morgan fingerprint density at radius 2 is 0.857 bits per heavy atom. The second-order valence-electron chi connectivity index (χ2n) is 11.0. The zero-order valence-electron chi connectivity index (χ0n) is 26.2. The van der Waals surface area contributed by atoms with E-state index in [-0.39, 0.29) is 39.6 Å². The van der Waals surface area contributed by atoms with Gasteiger partial charge in [-0.2, -0.15) is 16.8 Å². The Morgan fingerprint density at radius 1 is 0.500 bits per heavy atom. The minimum Gasteiger partial charge on any atom is -0.381 e. The van der Waals surface area contributed by atoms with Gasteiger partial charge in [-0.25, -0.2) is 4.18 Å². The van der Waals surface area contributed by atoms with E-state index < -0.39 is 38.3 Å². The first-order chi connectivity index (χ1) is 20.1. The van der Waals surface area contributed by atoms with E-state index in [1.165, 1.54) is 64.2 Å². The maximum Gasteiger partial charge on any atom is 0.397 e. The highest BCUT2D eigenvalue weighted by Crippen LogP contribution is 2.11. The molecule has 0 amide bonds. The summed E-state index contributed by atoms with van der Waals surface area (Å²) in [7, 11) is -8.85. The van der Waals surface area contributed by atoms with Crippen molar-refractivity contribution in [2.45, 2.75) is 123 Å². The van der Waals surface area contributed by atoms with Gasteiger partial charge in [-0.3, -0.25) is 9.11 Å². The highest BCUT2D eigenvalue weighted by Gasteiger charge is 2.19. The first kappa shape index (κ1) is 41.6. The molecule has 254 valence electrons. The van der Waals surface area contributed by atoms with Crippen LogP contribution in [-0.4, -0.2) is 90.7 Å². The van der Waals surface area contributed by atoms with Crippen LogP contribution >= 0.6 is 0 Å². The van der Waals surface area contributed by atoms with Crippen LogP contribution in [-0.2, 0) is 43.6 Å². The summed E-state index contributed by atoms with van der Waals surface area (Å²) in [5.74, 6) is -0.999. The molecule has 0 radical (unpaired) electrons. The average molecular weight is 649 g/mol. The molecule has 2 N–H and O–H groups in total. The van der Waals surface area contributed by atoms with Gasteiger partial charge in [-0.05, 0) is 12.8 Å². The summed E-state index contributed by atoms with van der Waals surface area (Å²) in [4.78, 5) is 0. The van der Waals surface area contributed by atoms with E-state index in [2.05, 4.69) is 18.0 Å². The highest BCUT2D eigenvalue weighted by atomic mass is 32.3. The molecule has 42 heavy (non-hydrogen) atoms. The number of hydrogen-bond acceptors (Lipinski definition) is 9. The summed E-state index contributed by atoms with van der Waals surface area (Å²) in [5, 5.41) is 0. The molecule has 0 bridgehead atoms. The van der Waals surface area contributed by atoms with Gasteiger partial charge in [-0.15, -0.1) is 0 Å². The Balaban J connectivity index is 4.14. The summed E-state index contributed by atoms with van der Waals surface area (Å²) >= 11 is 0. The van der Waals surface area contributed by atoms with Crippen molar-refractivity contribution < 1.29 is 49.1 Å². The lowest BCUT2D eigenvalue weighted by Crippen LogP contribution is -2.29. The van der Waals surface area contributed by atoms with E-state index in [9.17, 15) is 21.4 Å². The molecule has 0 saturated carbocycles. The summed E-state index contributed by atoms with van der Waals surface area (Å²) in [6, 6.07) is 0. The molecule has 2 unspecified atom stereocenters. The second kappa shape index (κ2) is 28.1. The third-order valence-electron chi connectivity index (χ3n) is 6.68. The molecular formula is C29H60O11S2. The monoisotopic (exact) mass is 648 g/mol. The summed E-state index contributed by atoms with van der Waals surface area (Å²) in [6.45, 7) is 5.57. The molecule has 0 aliphatic rings. The lowest BCUT2D eigenvalue weighted by Gasteiger charge is -2.18. The van der Waals surface area contributed by atoms with Crippen molar-refractivity contribution in [2.24, 2.45) is 5.92 Å². The van der Waals surface area contributed by atoms with Gasteiger partial charge in [0, 0.05) is 19.1 Å². The smallest absolute Gasteiger partial charge is 0.381 e. The average Bonchev–Trinajstić information content (AvgIpc) is 2.90. The van der Waals surface area contributed by atoms with Crippen molar-refractivity contribution in [3.05, 3.63) is 0 Å². The van der Waals surface area contributed by atoms with Gasteiger partial charge in [-0.1, -0.05) is 104 Å². The first-order valence-corrected chi connectivity index (χ1v) is 19.0. The molecule has 0 aliphatic carbocycles. The maximum absolute atomic E-state index is 11.4. The zero-order chi connectivity index (χ0) is 31.4. The quantitative estimate of drug-likeness (QED) is 0.0633. The molecule has 11 nitrogen and oxygen atoms in total. The molecule has 0 aromatic heterocycles. The van der Waals surface area contributed by atoms with Gasteiger partial charge in [0.15, 0.2) is 0 Å². The summed E-state index contributed by atoms with van der Waals surface area (Å²) < 4.78 is 90.2. The first-order valence-electron chi connectivity index (χ1n) is 16.0. The topological polar surface area (TPSA) is 155 Å². The number of rotatable bonds is 33. The molecule has 0 heterocycles. The molecule has 0 fully saturated rings. The van der Waals surface area contributed by atoms with E-state index in [0.29, 0.717) is 13.2 Å². The Morgan fingerprint density at radius 3 is 1.26 bits per heavy atom. The van der Waals surface area contributed by atoms with Crippen LogP contribution in [0.2, 0.25) is 0 Å². The largest absolute Gasteiger partial charge is 0.397 e. The molecule has 13 heteroatoms. The van der Waals surface area contributed by atoms with Crippen LogP contribution in [0.25, 0.3) is 0 Å². The second-order valence-corrected chi connectivity index (χ2v) is 13.6. The Labute approximate surface area is 256 Å². The fourth-order valence-electron chi connectivity index (χ4n) is 4.44. The number of unbranched alkanes of at least 4 members (excludes halogenated alkanes) is 14. The molecule has 0 aromatic rings. The molecular weight excluding hydrogens is 588 g/mol. The van der Waals surface area contributed by atoms with E-state index in [1.54, 1.807) is 0 Å². The lowest BCUT2D eigenvalue weighted by molar-refractivity contribution is -0.0291. The predicted molar refractivity (Wildman–Crippen MR) is 165 cm³/mol. The van der Waals surface area contributed by atoms with Crippen LogP contribution in [0.3, 0.4) is 0 Å². The number of hydrogen-bond donors (Lipinski definition) is 2. The highest BCUT2D eigenvalue weighted by molar-refractivity contribution is 7.85. The van der Waals surface area contributed by atoms with Crippen molar-refractivity contribution in [2.75, 3.05) is 58.6 Å². The van der Waals surface area contributed by atoms with Crippen molar-refractivity contribution in [1.29, 1.82) is 0 Å². The fourth-order valence-corrected chi connectivity index (χ4v) is 5.68. The van der Waals surface area contributed by atoms with Crippen molar-refractivity contribution in [3.8, 4) is 0 Å². The molecule has 0 spiro atoms. The minimum atomic E-state index is -4.67. The van der Waals surface area contributed by atoms with E-state index >= 15 is 0 Å². The Kier molecular flexibility index (Phi) is 27.9. The molecule has 0 aromatic carbocycles. The van der Waals surface area contributed by atoms with Gasteiger partial charge in [0.25, 0.3) is 10.1 Å². The normalized spacial score (nSPS) is 13.9. The predicted octanol–water partition coefficient (Wildman–Crippen LogP) is 6.03.